The van der Waals surface area contributed by atoms with Gasteiger partial charge in [0.25, 0.3) is 0 Å². The van der Waals surface area contributed by atoms with E-state index in [2.05, 4.69) is 5.32 Å². The summed E-state index contributed by atoms with van der Waals surface area (Å²) in [4.78, 5) is 23.6. The van der Waals surface area contributed by atoms with Crippen LogP contribution in [0.5, 0.6) is 0 Å². The standard InChI is InChI=1S/C15H20ClNO3/c1-5-20-14(19)10-7-6-8-11(15(2,3)4)13(10)17-12(18)9-16/h6-8H,5,9H2,1-4H3,(H,17,18). The Morgan fingerprint density at radius 2 is 1.95 bits per heavy atom. The number of para-hydroxylation sites is 1. The normalized spacial score (nSPS) is 11.1. The highest BCUT2D eigenvalue weighted by atomic mass is 35.5. The van der Waals surface area contributed by atoms with Crippen molar-refractivity contribution < 1.29 is 14.3 Å². The molecule has 1 N–H and O–H groups in total. The molecule has 0 heterocycles. The Hall–Kier alpha value is -1.55. The van der Waals surface area contributed by atoms with Gasteiger partial charge in [0.2, 0.25) is 5.91 Å². The van der Waals surface area contributed by atoms with Gasteiger partial charge in [0, 0.05) is 0 Å². The number of amides is 1. The maximum Gasteiger partial charge on any atom is 0.340 e. The van der Waals surface area contributed by atoms with Crippen molar-refractivity contribution in [3.8, 4) is 0 Å². The van der Waals surface area contributed by atoms with Gasteiger partial charge in [-0.05, 0) is 24.0 Å². The lowest BCUT2D eigenvalue weighted by atomic mass is 9.84. The van der Waals surface area contributed by atoms with E-state index >= 15 is 0 Å². The molecule has 0 saturated heterocycles. The van der Waals surface area contributed by atoms with Gasteiger partial charge in [0.1, 0.15) is 5.88 Å². The lowest BCUT2D eigenvalue weighted by Gasteiger charge is -2.24. The monoisotopic (exact) mass is 297 g/mol. The number of hydrogen-bond donors (Lipinski definition) is 1. The number of carbonyl (C=O) groups is 2. The molecule has 0 spiro atoms. The first-order chi connectivity index (χ1) is 9.31. The SMILES string of the molecule is CCOC(=O)c1cccc(C(C)(C)C)c1NC(=O)CCl. The second-order valence-electron chi connectivity index (χ2n) is 5.38. The Balaban J connectivity index is 3.36. The van der Waals surface area contributed by atoms with Crippen molar-refractivity contribution in [1.29, 1.82) is 0 Å². The van der Waals surface area contributed by atoms with Crippen LogP contribution < -0.4 is 5.32 Å². The zero-order valence-corrected chi connectivity index (χ0v) is 13.0. The largest absolute Gasteiger partial charge is 0.462 e. The average molecular weight is 298 g/mol. The predicted molar refractivity (Wildman–Crippen MR) is 80.4 cm³/mol. The summed E-state index contributed by atoms with van der Waals surface area (Å²) in [6.07, 6.45) is 0. The molecule has 0 unspecified atom stereocenters. The van der Waals surface area contributed by atoms with Crippen LogP contribution in [0.25, 0.3) is 0 Å². The van der Waals surface area contributed by atoms with Crippen molar-refractivity contribution in [2.75, 3.05) is 17.8 Å². The van der Waals surface area contributed by atoms with Crippen LogP contribution in [0.2, 0.25) is 0 Å². The number of hydrogen-bond acceptors (Lipinski definition) is 3. The van der Waals surface area contributed by atoms with Crippen molar-refractivity contribution in [1.82, 2.24) is 0 Å². The number of esters is 1. The topological polar surface area (TPSA) is 55.4 Å². The molecule has 0 aliphatic rings. The zero-order valence-electron chi connectivity index (χ0n) is 12.2. The number of anilines is 1. The Morgan fingerprint density at radius 3 is 2.45 bits per heavy atom. The number of halogens is 1. The minimum Gasteiger partial charge on any atom is -0.462 e. The lowest BCUT2D eigenvalue weighted by Crippen LogP contribution is -2.22. The van der Waals surface area contributed by atoms with Gasteiger partial charge in [-0.3, -0.25) is 4.79 Å². The highest BCUT2D eigenvalue weighted by Crippen LogP contribution is 2.32. The van der Waals surface area contributed by atoms with Crippen molar-refractivity contribution in [2.45, 2.75) is 33.1 Å². The summed E-state index contributed by atoms with van der Waals surface area (Å²) in [5, 5.41) is 2.70. The lowest BCUT2D eigenvalue weighted by molar-refractivity contribution is -0.113. The molecule has 0 aliphatic carbocycles. The molecule has 1 amide bonds. The van der Waals surface area contributed by atoms with Gasteiger partial charge in [0.05, 0.1) is 17.9 Å². The summed E-state index contributed by atoms with van der Waals surface area (Å²) in [6.45, 7) is 8.04. The van der Waals surface area contributed by atoms with Crippen LogP contribution in [0.4, 0.5) is 5.69 Å². The highest BCUT2D eigenvalue weighted by Gasteiger charge is 2.24. The van der Waals surface area contributed by atoms with E-state index in [0.717, 1.165) is 5.56 Å². The summed E-state index contributed by atoms with van der Waals surface area (Å²) >= 11 is 5.53. The summed E-state index contributed by atoms with van der Waals surface area (Å²) in [7, 11) is 0. The second kappa shape index (κ2) is 6.75. The van der Waals surface area contributed by atoms with Gasteiger partial charge in [-0.25, -0.2) is 4.79 Å². The molecular weight excluding hydrogens is 278 g/mol. The number of alkyl halides is 1. The molecule has 5 heteroatoms. The van der Waals surface area contributed by atoms with E-state index < -0.39 is 5.97 Å². The molecule has 0 radical (unpaired) electrons. The van der Waals surface area contributed by atoms with Crippen molar-refractivity contribution in [3.63, 3.8) is 0 Å². The molecule has 0 bridgehead atoms. The quantitative estimate of drug-likeness (QED) is 0.685. The molecular formula is C15H20ClNO3. The molecule has 0 fully saturated rings. The van der Waals surface area contributed by atoms with Gasteiger partial charge in [-0.1, -0.05) is 32.9 Å². The summed E-state index contributed by atoms with van der Waals surface area (Å²) in [6, 6.07) is 5.30. The van der Waals surface area contributed by atoms with E-state index in [1.165, 1.54) is 0 Å². The average Bonchev–Trinajstić information content (AvgIpc) is 2.37. The van der Waals surface area contributed by atoms with Crippen LogP contribution in [-0.2, 0) is 14.9 Å². The van der Waals surface area contributed by atoms with Gasteiger partial charge < -0.3 is 10.1 Å². The fraction of sp³-hybridized carbons (Fsp3) is 0.467. The van der Waals surface area contributed by atoms with Gasteiger partial charge >= 0.3 is 5.97 Å². The van der Waals surface area contributed by atoms with Crippen LogP contribution in [0, 0.1) is 0 Å². The van der Waals surface area contributed by atoms with Gasteiger partial charge in [-0.15, -0.1) is 11.6 Å². The molecule has 1 rings (SSSR count). The molecule has 110 valence electrons. The Kier molecular flexibility index (Phi) is 5.57. The zero-order chi connectivity index (χ0) is 15.3. The van der Waals surface area contributed by atoms with Crippen LogP contribution in [0.3, 0.4) is 0 Å². The fourth-order valence-electron chi connectivity index (χ4n) is 1.86. The van der Waals surface area contributed by atoms with Crippen LogP contribution in [0.1, 0.15) is 43.6 Å². The van der Waals surface area contributed by atoms with Crippen LogP contribution >= 0.6 is 11.6 Å². The Bertz CT molecular complexity index is 506. The van der Waals surface area contributed by atoms with E-state index in [0.29, 0.717) is 11.3 Å². The Labute approximate surface area is 124 Å². The molecule has 20 heavy (non-hydrogen) atoms. The van der Waals surface area contributed by atoms with E-state index in [-0.39, 0.29) is 23.8 Å². The van der Waals surface area contributed by atoms with E-state index in [1.807, 2.05) is 26.8 Å². The fourth-order valence-corrected chi connectivity index (χ4v) is 1.93. The van der Waals surface area contributed by atoms with E-state index in [1.54, 1.807) is 19.1 Å². The minimum atomic E-state index is -0.455. The summed E-state index contributed by atoms with van der Waals surface area (Å²) < 4.78 is 5.03. The summed E-state index contributed by atoms with van der Waals surface area (Å²) in [5.74, 6) is -0.974. The van der Waals surface area contributed by atoms with Crippen molar-refractivity contribution >= 4 is 29.2 Å². The van der Waals surface area contributed by atoms with Gasteiger partial charge in [0.15, 0.2) is 0 Å². The van der Waals surface area contributed by atoms with Gasteiger partial charge in [-0.2, -0.15) is 0 Å². The first kappa shape index (κ1) is 16.5. The second-order valence-corrected chi connectivity index (χ2v) is 5.65. The smallest absolute Gasteiger partial charge is 0.340 e. The predicted octanol–water partition coefficient (Wildman–Crippen LogP) is 3.34. The minimum absolute atomic E-state index is 0.166. The number of carbonyl (C=O) groups excluding carboxylic acids is 2. The molecule has 0 aliphatic heterocycles. The maximum absolute atomic E-state index is 12.0. The molecule has 1 aromatic carbocycles. The first-order valence-electron chi connectivity index (χ1n) is 6.47. The molecule has 0 atom stereocenters. The maximum atomic E-state index is 12.0. The number of benzene rings is 1. The first-order valence-corrected chi connectivity index (χ1v) is 7.01. The van der Waals surface area contributed by atoms with Crippen LogP contribution in [0.15, 0.2) is 18.2 Å². The third-order valence-corrected chi connectivity index (χ3v) is 3.00. The third kappa shape index (κ3) is 3.97. The number of nitrogens with one attached hydrogen (secondary N) is 1. The Morgan fingerprint density at radius 1 is 1.30 bits per heavy atom. The highest BCUT2D eigenvalue weighted by molar-refractivity contribution is 6.29. The van der Waals surface area contributed by atoms with Crippen molar-refractivity contribution in [2.24, 2.45) is 0 Å². The van der Waals surface area contributed by atoms with Crippen molar-refractivity contribution in [3.05, 3.63) is 29.3 Å². The number of rotatable bonds is 4. The molecule has 4 nitrogen and oxygen atoms in total. The third-order valence-electron chi connectivity index (χ3n) is 2.75. The summed E-state index contributed by atoms with van der Waals surface area (Å²) in [5.41, 5.74) is 1.46. The molecule has 0 saturated carbocycles. The molecule has 1 aromatic rings. The van der Waals surface area contributed by atoms with Crippen LogP contribution in [-0.4, -0.2) is 24.4 Å². The van der Waals surface area contributed by atoms with E-state index in [9.17, 15) is 9.59 Å². The number of ether oxygens (including phenoxy) is 1. The molecule has 0 aromatic heterocycles. The van der Waals surface area contributed by atoms with E-state index in [4.69, 9.17) is 16.3 Å².